The molecule has 0 radical (unpaired) electrons. The van der Waals surface area contributed by atoms with Gasteiger partial charge in [-0.05, 0) is 12.5 Å². The van der Waals surface area contributed by atoms with Gasteiger partial charge in [0.05, 0.1) is 7.11 Å². The fourth-order valence-corrected chi connectivity index (χ4v) is 0.968. The van der Waals surface area contributed by atoms with E-state index in [0.717, 1.165) is 5.56 Å². The number of aliphatic imine (C=N–C) groups is 1. The second kappa shape index (κ2) is 5.17. The van der Waals surface area contributed by atoms with Gasteiger partial charge in [0.25, 0.3) is 0 Å². The first-order valence-electron chi connectivity index (χ1n) is 4.40. The van der Waals surface area contributed by atoms with E-state index >= 15 is 0 Å². The zero-order valence-electron chi connectivity index (χ0n) is 8.31. The molecule has 0 bridgehead atoms. The largest absolute Gasteiger partial charge is 0.467 e. The molecule has 14 heavy (non-hydrogen) atoms. The zero-order chi connectivity index (χ0) is 10.4. The molecule has 3 heteroatoms. The Morgan fingerprint density at radius 3 is 2.64 bits per heavy atom. The normalized spacial score (nSPS) is 12.7. The summed E-state index contributed by atoms with van der Waals surface area (Å²) in [5, 5.41) is 0. The highest BCUT2D eigenvalue weighted by atomic mass is 16.5. The van der Waals surface area contributed by atoms with Crippen LogP contribution in [-0.4, -0.2) is 25.3 Å². The van der Waals surface area contributed by atoms with Crippen LogP contribution in [0.4, 0.5) is 0 Å². The number of hydrogen-bond acceptors (Lipinski definition) is 3. The van der Waals surface area contributed by atoms with Gasteiger partial charge in [0.1, 0.15) is 6.04 Å². The van der Waals surface area contributed by atoms with Crippen molar-refractivity contribution in [3.05, 3.63) is 35.9 Å². The van der Waals surface area contributed by atoms with Gasteiger partial charge in [-0.2, -0.15) is 0 Å². The molecule has 0 aliphatic heterocycles. The Labute approximate surface area is 83.4 Å². The van der Waals surface area contributed by atoms with Gasteiger partial charge in [0.2, 0.25) is 0 Å². The summed E-state index contributed by atoms with van der Waals surface area (Å²) in [6.45, 7) is 1.70. The molecule has 0 heterocycles. The van der Waals surface area contributed by atoms with Gasteiger partial charge in [-0.1, -0.05) is 30.3 Å². The average Bonchev–Trinajstić information content (AvgIpc) is 2.26. The Morgan fingerprint density at radius 2 is 2.07 bits per heavy atom. The Bertz CT molecular complexity index is 319. The molecule has 0 aromatic heterocycles. The van der Waals surface area contributed by atoms with Gasteiger partial charge in [-0.25, -0.2) is 4.79 Å². The van der Waals surface area contributed by atoms with E-state index in [9.17, 15) is 4.79 Å². The third kappa shape index (κ3) is 3.01. The van der Waals surface area contributed by atoms with Crippen molar-refractivity contribution < 1.29 is 9.53 Å². The summed E-state index contributed by atoms with van der Waals surface area (Å²) in [6, 6.07) is 9.18. The minimum Gasteiger partial charge on any atom is -0.467 e. The zero-order valence-corrected chi connectivity index (χ0v) is 8.31. The number of benzene rings is 1. The molecule has 0 saturated carbocycles. The van der Waals surface area contributed by atoms with Gasteiger partial charge in [0.15, 0.2) is 0 Å². The van der Waals surface area contributed by atoms with E-state index < -0.39 is 6.04 Å². The highest BCUT2D eigenvalue weighted by Crippen LogP contribution is 1.97. The summed E-state index contributed by atoms with van der Waals surface area (Å²) in [5.74, 6) is -0.322. The molecule has 0 spiro atoms. The van der Waals surface area contributed by atoms with E-state index in [1.807, 2.05) is 30.3 Å². The average molecular weight is 191 g/mol. The maximum Gasteiger partial charge on any atom is 0.330 e. The van der Waals surface area contributed by atoms with Crippen molar-refractivity contribution in [1.82, 2.24) is 0 Å². The second-order valence-corrected chi connectivity index (χ2v) is 2.89. The molecule has 0 N–H and O–H groups in total. The Balaban J connectivity index is 2.60. The van der Waals surface area contributed by atoms with Crippen LogP contribution in [0, 0.1) is 0 Å². The molecule has 0 aliphatic rings. The Morgan fingerprint density at radius 1 is 1.43 bits per heavy atom. The maximum atomic E-state index is 11.0. The van der Waals surface area contributed by atoms with Crippen LogP contribution in [0.3, 0.4) is 0 Å². The van der Waals surface area contributed by atoms with Crippen molar-refractivity contribution in [2.75, 3.05) is 7.11 Å². The van der Waals surface area contributed by atoms with E-state index in [2.05, 4.69) is 9.73 Å². The van der Waals surface area contributed by atoms with Crippen LogP contribution < -0.4 is 0 Å². The van der Waals surface area contributed by atoms with Gasteiger partial charge >= 0.3 is 5.97 Å². The van der Waals surface area contributed by atoms with Crippen LogP contribution in [0.15, 0.2) is 35.3 Å². The first kappa shape index (κ1) is 10.4. The van der Waals surface area contributed by atoms with Gasteiger partial charge in [0, 0.05) is 6.21 Å². The summed E-state index contributed by atoms with van der Waals surface area (Å²) in [5.41, 5.74) is 0.975. The monoisotopic (exact) mass is 191 g/mol. The smallest absolute Gasteiger partial charge is 0.330 e. The quantitative estimate of drug-likeness (QED) is 0.538. The predicted molar refractivity (Wildman–Crippen MR) is 55.5 cm³/mol. The lowest BCUT2D eigenvalue weighted by Gasteiger charge is -2.02. The van der Waals surface area contributed by atoms with E-state index in [4.69, 9.17) is 0 Å². The van der Waals surface area contributed by atoms with Crippen LogP contribution >= 0.6 is 0 Å². The third-order valence-corrected chi connectivity index (χ3v) is 1.79. The van der Waals surface area contributed by atoms with Crippen molar-refractivity contribution in [3.8, 4) is 0 Å². The summed E-state index contributed by atoms with van der Waals surface area (Å²) >= 11 is 0. The molecule has 1 rings (SSSR count). The summed E-state index contributed by atoms with van der Waals surface area (Å²) in [4.78, 5) is 15.1. The minimum absolute atomic E-state index is 0.322. The van der Waals surface area contributed by atoms with Crippen LogP contribution in [0.2, 0.25) is 0 Å². The van der Waals surface area contributed by atoms with Gasteiger partial charge in [-0.15, -0.1) is 0 Å². The summed E-state index contributed by atoms with van der Waals surface area (Å²) in [6.07, 6.45) is 1.67. The molecule has 1 aromatic rings. The Hall–Kier alpha value is -1.64. The number of methoxy groups -OCH3 is 1. The molecule has 1 aromatic carbocycles. The second-order valence-electron chi connectivity index (χ2n) is 2.89. The molecular formula is C11H13NO2. The van der Waals surface area contributed by atoms with Gasteiger partial charge < -0.3 is 4.74 Å². The SMILES string of the molecule is COC(=O)[C@H](C)/N=C/c1ccccc1. The molecule has 0 saturated heterocycles. The molecule has 0 amide bonds. The standard InChI is InChI=1S/C11H13NO2/c1-9(11(13)14-2)12-8-10-6-4-3-5-7-10/h3-9H,1-2H3/b12-8+/t9-/m0/s1. The number of carbonyl (C=O) groups is 1. The lowest BCUT2D eigenvalue weighted by Crippen LogP contribution is -2.16. The van der Waals surface area contributed by atoms with E-state index in [0.29, 0.717) is 0 Å². The molecule has 74 valence electrons. The van der Waals surface area contributed by atoms with Crippen molar-refractivity contribution in [2.24, 2.45) is 4.99 Å². The molecule has 0 aliphatic carbocycles. The van der Waals surface area contributed by atoms with Crippen molar-refractivity contribution in [1.29, 1.82) is 0 Å². The minimum atomic E-state index is -0.444. The number of nitrogens with zero attached hydrogens (tertiary/aromatic N) is 1. The third-order valence-electron chi connectivity index (χ3n) is 1.79. The molecule has 0 fully saturated rings. The number of esters is 1. The molecule has 0 unspecified atom stereocenters. The van der Waals surface area contributed by atoms with E-state index in [1.165, 1.54) is 7.11 Å². The Kier molecular flexibility index (Phi) is 3.85. The van der Waals surface area contributed by atoms with Crippen molar-refractivity contribution in [2.45, 2.75) is 13.0 Å². The molecule has 1 atom stereocenters. The van der Waals surface area contributed by atoms with Crippen LogP contribution in [-0.2, 0) is 9.53 Å². The molecular weight excluding hydrogens is 178 g/mol. The van der Waals surface area contributed by atoms with Crippen molar-refractivity contribution in [3.63, 3.8) is 0 Å². The number of carbonyl (C=O) groups excluding carboxylic acids is 1. The highest BCUT2D eigenvalue weighted by molar-refractivity contribution is 5.83. The maximum absolute atomic E-state index is 11.0. The predicted octanol–water partition coefficient (Wildman–Crippen LogP) is 1.67. The molecule has 3 nitrogen and oxygen atoms in total. The number of rotatable bonds is 3. The van der Waals surface area contributed by atoms with Crippen LogP contribution in [0.25, 0.3) is 0 Å². The summed E-state index contributed by atoms with van der Waals surface area (Å²) < 4.78 is 4.55. The lowest BCUT2D eigenvalue weighted by molar-refractivity contribution is -0.141. The highest BCUT2D eigenvalue weighted by Gasteiger charge is 2.09. The van der Waals surface area contributed by atoms with E-state index in [1.54, 1.807) is 13.1 Å². The first-order chi connectivity index (χ1) is 6.74. The van der Waals surface area contributed by atoms with Crippen molar-refractivity contribution >= 4 is 12.2 Å². The van der Waals surface area contributed by atoms with Gasteiger partial charge in [-0.3, -0.25) is 4.99 Å². The van der Waals surface area contributed by atoms with Crippen LogP contribution in [0.1, 0.15) is 12.5 Å². The topological polar surface area (TPSA) is 38.7 Å². The summed E-state index contributed by atoms with van der Waals surface area (Å²) in [7, 11) is 1.36. The first-order valence-corrected chi connectivity index (χ1v) is 4.40. The van der Waals surface area contributed by atoms with Crippen LogP contribution in [0.5, 0.6) is 0 Å². The number of hydrogen-bond donors (Lipinski definition) is 0. The fraction of sp³-hybridized carbons (Fsp3) is 0.273. The number of ether oxygens (including phenoxy) is 1. The lowest BCUT2D eigenvalue weighted by atomic mass is 10.2. The fourth-order valence-electron chi connectivity index (χ4n) is 0.968. The van der Waals surface area contributed by atoms with E-state index in [-0.39, 0.29) is 5.97 Å².